The highest BCUT2D eigenvalue weighted by atomic mass is 35.5. The molecule has 0 radical (unpaired) electrons. The molecular weight excluding hydrogens is 424 g/mol. The van der Waals surface area contributed by atoms with Crippen LogP contribution in [0.1, 0.15) is 22.3 Å². The lowest BCUT2D eigenvalue weighted by atomic mass is 10.1. The Labute approximate surface area is 191 Å². The van der Waals surface area contributed by atoms with E-state index in [1.807, 2.05) is 56.3 Å². The van der Waals surface area contributed by atoms with Crippen LogP contribution in [0.3, 0.4) is 0 Å². The first-order chi connectivity index (χ1) is 15.4. The van der Waals surface area contributed by atoms with Gasteiger partial charge in [-0.05, 0) is 49.2 Å². The van der Waals surface area contributed by atoms with Gasteiger partial charge in [-0.1, -0.05) is 59.6 Å². The maximum Gasteiger partial charge on any atom is 0.322 e. The molecule has 0 spiro atoms. The van der Waals surface area contributed by atoms with E-state index in [1.54, 1.807) is 29.2 Å². The molecule has 2 amide bonds. The molecule has 1 heterocycles. The standard InChI is InChI=1S/C26H23ClN2O3/c1-17-8-11-24-22(12-17)25(30)20(16-32-24)15-29(14-19-6-4-3-5-7-19)26(31)28-21-10-9-18(2)23(27)13-21/h3-13,16H,14-15H2,1-2H3,(H,28,31). The summed E-state index contributed by atoms with van der Waals surface area (Å²) in [4.78, 5) is 27.9. The SMILES string of the molecule is Cc1ccc2occ(CN(Cc3ccccc3)C(=O)Nc3ccc(C)c(Cl)c3)c(=O)c2c1. The van der Waals surface area contributed by atoms with Crippen molar-refractivity contribution in [3.63, 3.8) is 0 Å². The van der Waals surface area contributed by atoms with Gasteiger partial charge in [0.15, 0.2) is 5.43 Å². The highest BCUT2D eigenvalue weighted by Crippen LogP contribution is 2.21. The van der Waals surface area contributed by atoms with Crippen LogP contribution in [0, 0.1) is 13.8 Å². The van der Waals surface area contributed by atoms with Crippen molar-refractivity contribution >= 4 is 34.3 Å². The van der Waals surface area contributed by atoms with Crippen molar-refractivity contribution in [3.8, 4) is 0 Å². The van der Waals surface area contributed by atoms with Gasteiger partial charge in [0, 0.05) is 17.3 Å². The van der Waals surface area contributed by atoms with Crippen molar-refractivity contribution in [2.24, 2.45) is 0 Å². The molecule has 4 aromatic rings. The molecule has 1 N–H and O–H groups in total. The Hall–Kier alpha value is -3.57. The highest BCUT2D eigenvalue weighted by molar-refractivity contribution is 6.31. The molecule has 0 aliphatic carbocycles. The second-order valence-corrected chi connectivity index (χ2v) is 8.23. The number of anilines is 1. The molecule has 0 aliphatic rings. The summed E-state index contributed by atoms with van der Waals surface area (Å²) in [6.07, 6.45) is 1.44. The van der Waals surface area contributed by atoms with Crippen LogP contribution in [0.5, 0.6) is 0 Å². The second-order valence-electron chi connectivity index (χ2n) is 7.83. The van der Waals surface area contributed by atoms with Gasteiger partial charge >= 0.3 is 6.03 Å². The maximum atomic E-state index is 13.2. The first-order valence-corrected chi connectivity index (χ1v) is 10.7. The van der Waals surface area contributed by atoms with E-state index < -0.39 is 0 Å². The molecule has 6 heteroatoms. The number of carbonyl (C=O) groups excluding carboxylic acids is 1. The summed E-state index contributed by atoms with van der Waals surface area (Å²) >= 11 is 6.21. The van der Waals surface area contributed by atoms with Crippen LogP contribution in [0.2, 0.25) is 5.02 Å². The molecule has 0 unspecified atom stereocenters. The fraction of sp³-hybridized carbons (Fsp3) is 0.154. The number of amides is 2. The summed E-state index contributed by atoms with van der Waals surface area (Å²) in [5, 5.41) is 3.97. The average Bonchev–Trinajstić information content (AvgIpc) is 2.78. The van der Waals surface area contributed by atoms with Gasteiger partial charge in [-0.25, -0.2) is 4.79 Å². The van der Waals surface area contributed by atoms with Crippen LogP contribution in [0.25, 0.3) is 11.0 Å². The molecule has 0 saturated carbocycles. The lowest BCUT2D eigenvalue weighted by molar-refractivity contribution is 0.206. The van der Waals surface area contributed by atoms with Crippen molar-refractivity contribution < 1.29 is 9.21 Å². The molecule has 0 fully saturated rings. The third kappa shape index (κ3) is 4.84. The summed E-state index contributed by atoms with van der Waals surface area (Å²) in [5.41, 5.74) is 4.23. The summed E-state index contributed by atoms with van der Waals surface area (Å²) in [5.74, 6) is 0. The summed E-state index contributed by atoms with van der Waals surface area (Å²) in [6.45, 7) is 4.26. The van der Waals surface area contributed by atoms with E-state index in [2.05, 4.69) is 5.32 Å². The van der Waals surface area contributed by atoms with Gasteiger partial charge in [-0.3, -0.25) is 4.79 Å². The van der Waals surface area contributed by atoms with Crippen molar-refractivity contribution in [2.75, 3.05) is 5.32 Å². The normalized spacial score (nSPS) is 10.8. The monoisotopic (exact) mass is 446 g/mol. The number of rotatable bonds is 5. The van der Waals surface area contributed by atoms with Crippen LogP contribution in [0.4, 0.5) is 10.5 Å². The number of urea groups is 1. The highest BCUT2D eigenvalue weighted by Gasteiger charge is 2.18. The van der Waals surface area contributed by atoms with Gasteiger partial charge < -0.3 is 14.6 Å². The number of halogens is 1. The predicted octanol–water partition coefficient (Wildman–Crippen LogP) is 6.30. The Morgan fingerprint density at radius 3 is 2.53 bits per heavy atom. The molecule has 1 aromatic heterocycles. The van der Waals surface area contributed by atoms with E-state index >= 15 is 0 Å². The van der Waals surface area contributed by atoms with Crippen LogP contribution >= 0.6 is 11.6 Å². The number of hydrogen-bond acceptors (Lipinski definition) is 3. The van der Waals surface area contributed by atoms with Crippen molar-refractivity contribution in [3.05, 3.63) is 110 Å². The molecule has 0 aliphatic heterocycles. The Morgan fingerprint density at radius 2 is 1.78 bits per heavy atom. The number of aryl methyl sites for hydroxylation is 2. The van der Waals surface area contributed by atoms with E-state index in [1.165, 1.54) is 6.26 Å². The first-order valence-electron chi connectivity index (χ1n) is 10.3. The quantitative estimate of drug-likeness (QED) is 0.391. The average molecular weight is 447 g/mol. The molecule has 4 rings (SSSR count). The van der Waals surface area contributed by atoms with Crippen LogP contribution in [0.15, 0.2) is 82.2 Å². The first kappa shape index (κ1) is 21.7. The molecule has 32 heavy (non-hydrogen) atoms. The van der Waals surface area contributed by atoms with Gasteiger partial charge in [-0.15, -0.1) is 0 Å². The van der Waals surface area contributed by atoms with Crippen molar-refractivity contribution in [1.29, 1.82) is 0 Å². The van der Waals surface area contributed by atoms with E-state index in [-0.39, 0.29) is 18.0 Å². The summed E-state index contributed by atoms with van der Waals surface area (Å²) in [6, 6.07) is 20.1. The van der Waals surface area contributed by atoms with Gasteiger partial charge in [-0.2, -0.15) is 0 Å². The Morgan fingerprint density at radius 1 is 1.00 bits per heavy atom. The third-order valence-corrected chi connectivity index (χ3v) is 5.69. The fourth-order valence-corrected chi connectivity index (χ4v) is 3.66. The predicted molar refractivity (Wildman–Crippen MR) is 128 cm³/mol. The molecule has 0 atom stereocenters. The van der Waals surface area contributed by atoms with Gasteiger partial charge in [0.05, 0.1) is 23.8 Å². The minimum Gasteiger partial charge on any atom is -0.464 e. The van der Waals surface area contributed by atoms with E-state index in [9.17, 15) is 9.59 Å². The third-order valence-electron chi connectivity index (χ3n) is 5.29. The molecule has 3 aromatic carbocycles. The molecule has 0 bridgehead atoms. The summed E-state index contributed by atoms with van der Waals surface area (Å²) in [7, 11) is 0. The number of nitrogens with one attached hydrogen (secondary N) is 1. The zero-order chi connectivity index (χ0) is 22.7. The van der Waals surface area contributed by atoms with Crippen LogP contribution in [-0.2, 0) is 13.1 Å². The molecular formula is C26H23ClN2O3. The Kier molecular flexibility index (Phi) is 6.28. The second kappa shape index (κ2) is 9.28. The van der Waals surface area contributed by atoms with Crippen LogP contribution < -0.4 is 10.7 Å². The Bertz CT molecular complexity index is 1330. The van der Waals surface area contributed by atoms with Crippen molar-refractivity contribution in [2.45, 2.75) is 26.9 Å². The Balaban J connectivity index is 1.65. The van der Waals surface area contributed by atoms with Crippen molar-refractivity contribution in [1.82, 2.24) is 4.90 Å². The topological polar surface area (TPSA) is 62.6 Å². The number of nitrogens with zero attached hydrogens (tertiary/aromatic N) is 1. The molecule has 0 saturated heterocycles. The fourth-order valence-electron chi connectivity index (χ4n) is 3.48. The lowest BCUT2D eigenvalue weighted by Gasteiger charge is -2.23. The lowest BCUT2D eigenvalue weighted by Crippen LogP contribution is -2.35. The largest absolute Gasteiger partial charge is 0.464 e. The van der Waals surface area contributed by atoms with E-state index in [4.69, 9.17) is 16.0 Å². The minimum atomic E-state index is -0.336. The number of fused-ring (bicyclic) bond motifs is 1. The number of hydrogen-bond donors (Lipinski definition) is 1. The van der Waals surface area contributed by atoms with Gasteiger partial charge in [0.25, 0.3) is 0 Å². The zero-order valence-corrected chi connectivity index (χ0v) is 18.6. The molecule has 162 valence electrons. The van der Waals surface area contributed by atoms with E-state index in [0.29, 0.717) is 33.8 Å². The number of carbonyl (C=O) groups is 1. The zero-order valence-electron chi connectivity index (χ0n) is 17.9. The maximum absolute atomic E-state index is 13.2. The molecule has 5 nitrogen and oxygen atoms in total. The van der Waals surface area contributed by atoms with Crippen LogP contribution in [-0.4, -0.2) is 10.9 Å². The smallest absolute Gasteiger partial charge is 0.322 e. The summed E-state index contributed by atoms with van der Waals surface area (Å²) < 4.78 is 5.68. The van der Waals surface area contributed by atoms with Gasteiger partial charge in [0.2, 0.25) is 0 Å². The van der Waals surface area contributed by atoms with E-state index in [0.717, 1.165) is 16.7 Å². The van der Waals surface area contributed by atoms with Gasteiger partial charge in [0.1, 0.15) is 5.58 Å². The number of benzene rings is 3. The minimum absolute atomic E-state index is 0.104.